The lowest BCUT2D eigenvalue weighted by molar-refractivity contribution is -0.142. The van der Waals surface area contributed by atoms with Crippen molar-refractivity contribution >= 4 is 27.7 Å². The van der Waals surface area contributed by atoms with E-state index >= 15 is 0 Å². The molecule has 0 bridgehead atoms. The highest BCUT2D eigenvalue weighted by Gasteiger charge is 2.26. The van der Waals surface area contributed by atoms with Gasteiger partial charge in [-0.1, -0.05) is 35.0 Å². The number of carbonyl (C=O) groups excluding carboxylic acids is 2. The van der Waals surface area contributed by atoms with Crippen molar-refractivity contribution in [2.45, 2.75) is 32.9 Å². The van der Waals surface area contributed by atoms with Crippen molar-refractivity contribution in [3.05, 3.63) is 58.6 Å². The first-order chi connectivity index (χ1) is 13.9. The maximum Gasteiger partial charge on any atom is 0.261 e. The molecular weight excluding hydrogens is 436 g/mol. The Morgan fingerprint density at radius 3 is 2.28 bits per heavy atom. The lowest BCUT2D eigenvalue weighted by Gasteiger charge is -2.28. The third-order valence-electron chi connectivity index (χ3n) is 4.40. The lowest BCUT2D eigenvalue weighted by Crippen LogP contribution is -2.49. The third kappa shape index (κ3) is 7.09. The molecule has 2 aromatic carbocycles. The van der Waals surface area contributed by atoms with E-state index in [1.807, 2.05) is 43.3 Å². The average Bonchev–Trinajstić information content (AvgIpc) is 2.75. The minimum Gasteiger partial charge on any atom is -0.497 e. The third-order valence-corrected chi connectivity index (χ3v) is 4.93. The number of hydrogen-bond donors (Lipinski definition) is 1. The van der Waals surface area contributed by atoms with Gasteiger partial charge in [-0.3, -0.25) is 9.59 Å². The SMILES string of the molecule is CCCNC(=O)[C@H](C)N(Cc1ccc(OC)cc1)C(=O)COc1ccc(Br)cc1. The van der Waals surface area contributed by atoms with Gasteiger partial charge in [-0.05, 0) is 55.3 Å². The van der Waals surface area contributed by atoms with Crippen molar-refractivity contribution in [1.82, 2.24) is 10.2 Å². The normalized spacial score (nSPS) is 11.4. The summed E-state index contributed by atoms with van der Waals surface area (Å²) in [6.45, 7) is 4.43. The number of methoxy groups -OCH3 is 1. The molecule has 0 aliphatic heterocycles. The van der Waals surface area contributed by atoms with Crippen molar-refractivity contribution in [3.63, 3.8) is 0 Å². The van der Waals surface area contributed by atoms with Crippen LogP contribution in [0.25, 0.3) is 0 Å². The monoisotopic (exact) mass is 462 g/mol. The molecule has 0 aromatic heterocycles. The van der Waals surface area contributed by atoms with Gasteiger partial charge in [0.2, 0.25) is 5.91 Å². The van der Waals surface area contributed by atoms with Crippen LogP contribution in [-0.2, 0) is 16.1 Å². The first kappa shape index (κ1) is 22.7. The summed E-state index contributed by atoms with van der Waals surface area (Å²) < 4.78 is 11.7. The van der Waals surface area contributed by atoms with E-state index in [-0.39, 0.29) is 18.4 Å². The number of carbonyl (C=O) groups is 2. The van der Waals surface area contributed by atoms with Crippen LogP contribution in [-0.4, -0.2) is 43.0 Å². The number of amides is 2. The molecule has 0 fully saturated rings. The first-order valence-corrected chi connectivity index (χ1v) is 10.3. The van der Waals surface area contributed by atoms with Gasteiger partial charge >= 0.3 is 0 Å². The van der Waals surface area contributed by atoms with Crippen molar-refractivity contribution in [2.24, 2.45) is 0 Å². The number of ether oxygens (including phenoxy) is 2. The highest BCUT2D eigenvalue weighted by molar-refractivity contribution is 9.10. The van der Waals surface area contributed by atoms with E-state index in [0.717, 1.165) is 22.2 Å². The fourth-order valence-electron chi connectivity index (χ4n) is 2.66. The minimum atomic E-state index is -0.621. The predicted molar refractivity (Wildman–Crippen MR) is 116 cm³/mol. The Balaban J connectivity index is 2.11. The van der Waals surface area contributed by atoms with Gasteiger partial charge in [-0.2, -0.15) is 0 Å². The van der Waals surface area contributed by atoms with Crippen LogP contribution in [0.3, 0.4) is 0 Å². The summed E-state index contributed by atoms with van der Waals surface area (Å²) in [5.74, 6) is 0.883. The Labute approximate surface area is 180 Å². The molecular formula is C22H27BrN2O4. The first-order valence-electron chi connectivity index (χ1n) is 9.53. The van der Waals surface area contributed by atoms with Crippen LogP contribution in [0.4, 0.5) is 0 Å². The Morgan fingerprint density at radius 1 is 1.07 bits per heavy atom. The zero-order chi connectivity index (χ0) is 21.2. The summed E-state index contributed by atoms with van der Waals surface area (Å²) in [6, 6.07) is 14.0. The highest BCUT2D eigenvalue weighted by atomic mass is 79.9. The van der Waals surface area contributed by atoms with Crippen LogP contribution in [0, 0.1) is 0 Å². The zero-order valence-corrected chi connectivity index (χ0v) is 18.6. The number of rotatable bonds is 10. The zero-order valence-electron chi connectivity index (χ0n) is 17.0. The minimum absolute atomic E-state index is 0.150. The Morgan fingerprint density at radius 2 is 1.69 bits per heavy atom. The van der Waals surface area contributed by atoms with Crippen LogP contribution < -0.4 is 14.8 Å². The maximum atomic E-state index is 12.9. The molecule has 0 aliphatic rings. The molecule has 1 N–H and O–H groups in total. The number of benzene rings is 2. The van der Waals surface area contributed by atoms with Crippen molar-refractivity contribution in [3.8, 4) is 11.5 Å². The summed E-state index contributed by atoms with van der Waals surface area (Å²) in [6.07, 6.45) is 0.831. The number of nitrogens with one attached hydrogen (secondary N) is 1. The molecule has 2 aromatic rings. The molecule has 156 valence electrons. The van der Waals surface area contributed by atoms with Crippen LogP contribution in [0.2, 0.25) is 0 Å². The van der Waals surface area contributed by atoms with Gasteiger partial charge < -0.3 is 19.7 Å². The largest absolute Gasteiger partial charge is 0.497 e. The number of nitrogens with zero attached hydrogens (tertiary/aromatic N) is 1. The second-order valence-electron chi connectivity index (χ2n) is 6.58. The molecule has 0 unspecified atom stereocenters. The van der Waals surface area contributed by atoms with E-state index in [1.165, 1.54) is 4.90 Å². The van der Waals surface area contributed by atoms with Gasteiger partial charge in [-0.15, -0.1) is 0 Å². The van der Waals surface area contributed by atoms with Crippen LogP contribution in [0.15, 0.2) is 53.0 Å². The molecule has 2 rings (SSSR count). The van der Waals surface area contributed by atoms with Crippen LogP contribution in [0.5, 0.6) is 11.5 Å². The van der Waals surface area contributed by atoms with E-state index in [4.69, 9.17) is 9.47 Å². The van der Waals surface area contributed by atoms with Gasteiger partial charge in [-0.25, -0.2) is 0 Å². The molecule has 0 radical (unpaired) electrons. The van der Waals surface area contributed by atoms with Crippen LogP contribution in [0.1, 0.15) is 25.8 Å². The second-order valence-corrected chi connectivity index (χ2v) is 7.49. The summed E-state index contributed by atoms with van der Waals surface area (Å²) in [4.78, 5) is 26.9. The topological polar surface area (TPSA) is 67.9 Å². The lowest BCUT2D eigenvalue weighted by atomic mass is 10.1. The molecule has 1 atom stereocenters. The summed E-state index contributed by atoms with van der Waals surface area (Å²) in [7, 11) is 1.60. The van der Waals surface area contributed by atoms with Gasteiger partial charge in [0.1, 0.15) is 17.5 Å². The van der Waals surface area contributed by atoms with E-state index in [2.05, 4.69) is 21.2 Å². The molecule has 29 heavy (non-hydrogen) atoms. The molecule has 0 aliphatic carbocycles. The van der Waals surface area contributed by atoms with Gasteiger partial charge in [0, 0.05) is 17.6 Å². The average molecular weight is 463 g/mol. The molecule has 2 amide bonds. The Kier molecular flexibility index (Phi) is 8.99. The molecule has 0 heterocycles. The quantitative estimate of drug-likeness (QED) is 0.583. The second kappa shape index (κ2) is 11.5. The van der Waals surface area contributed by atoms with Gasteiger partial charge in [0.25, 0.3) is 5.91 Å². The molecule has 0 saturated carbocycles. The smallest absolute Gasteiger partial charge is 0.261 e. The van der Waals surface area contributed by atoms with Crippen LogP contribution >= 0.6 is 15.9 Å². The fourth-order valence-corrected chi connectivity index (χ4v) is 2.93. The summed E-state index contributed by atoms with van der Waals surface area (Å²) in [5, 5.41) is 2.85. The summed E-state index contributed by atoms with van der Waals surface area (Å²) >= 11 is 3.37. The van der Waals surface area contributed by atoms with E-state index in [9.17, 15) is 9.59 Å². The van der Waals surface area contributed by atoms with Crippen molar-refractivity contribution in [1.29, 1.82) is 0 Å². The standard InChI is InChI=1S/C22H27BrN2O4/c1-4-13-24-22(27)16(2)25(14-17-5-9-19(28-3)10-6-17)21(26)15-29-20-11-7-18(23)8-12-20/h5-12,16H,4,13-15H2,1-3H3,(H,24,27)/t16-/m0/s1. The molecule has 7 heteroatoms. The maximum absolute atomic E-state index is 12.9. The fraction of sp³-hybridized carbons (Fsp3) is 0.364. The Bertz CT molecular complexity index is 793. The number of halogens is 1. The Hall–Kier alpha value is -2.54. The highest BCUT2D eigenvalue weighted by Crippen LogP contribution is 2.18. The van der Waals surface area contributed by atoms with Crippen molar-refractivity contribution in [2.75, 3.05) is 20.3 Å². The number of hydrogen-bond acceptors (Lipinski definition) is 4. The van der Waals surface area contributed by atoms with E-state index < -0.39 is 6.04 Å². The molecule has 0 spiro atoms. The molecule has 0 saturated heterocycles. The molecule has 6 nitrogen and oxygen atoms in total. The predicted octanol–water partition coefficient (Wildman–Crippen LogP) is 3.78. The summed E-state index contributed by atoms with van der Waals surface area (Å²) in [5.41, 5.74) is 0.901. The van der Waals surface area contributed by atoms with Gasteiger partial charge in [0.15, 0.2) is 6.61 Å². The van der Waals surface area contributed by atoms with Crippen molar-refractivity contribution < 1.29 is 19.1 Å². The van der Waals surface area contributed by atoms with E-state index in [0.29, 0.717) is 18.8 Å². The van der Waals surface area contributed by atoms with Gasteiger partial charge in [0.05, 0.1) is 7.11 Å². The van der Waals surface area contributed by atoms with E-state index in [1.54, 1.807) is 26.2 Å².